The Balaban J connectivity index is 2.43. The van der Waals surface area contributed by atoms with Crippen LogP contribution < -0.4 is 16.0 Å². The number of rotatable bonds is 5. The van der Waals surface area contributed by atoms with Gasteiger partial charge in [0.25, 0.3) is 0 Å². The summed E-state index contributed by atoms with van der Waals surface area (Å²) in [5, 5.41) is 9.38. The number of ether oxygens (including phenoxy) is 1. The third-order valence-electron chi connectivity index (χ3n) is 3.85. The molecular weight excluding hydrogens is 294 g/mol. The second-order valence-corrected chi connectivity index (χ2v) is 8.24. The lowest BCUT2D eigenvalue weighted by Gasteiger charge is -2.46. The van der Waals surface area contributed by atoms with Crippen molar-refractivity contribution in [1.82, 2.24) is 16.0 Å². The number of hydrogen-bond donors (Lipinski definition) is 3. The van der Waals surface area contributed by atoms with Crippen molar-refractivity contribution in [2.24, 2.45) is 5.92 Å². The average molecular weight is 327 g/mol. The van der Waals surface area contributed by atoms with Gasteiger partial charge in [0, 0.05) is 23.7 Å². The number of piperidine rings is 1. The molecule has 0 bridgehead atoms. The molecule has 1 saturated heterocycles. The standard InChI is InChI=1S/C17H33N3O3/c1-11(2)23-14(21)12(3)10-18-15(22)19-13-8-16(4,5)20-17(6,7)9-13/h11-13,20H,8-10H2,1-7H3,(H2,18,19,22)/t12-/m1/s1. The van der Waals surface area contributed by atoms with Crippen LogP contribution in [0.15, 0.2) is 0 Å². The van der Waals surface area contributed by atoms with E-state index >= 15 is 0 Å². The number of nitrogens with one attached hydrogen (secondary N) is 3. The van der Waals surface area contributed by atoms with Crippen molar-refractivity contribution in [3.63, 3.8) is 0 Å². The highest BCUT2D eigenvalue weighted by Crippen LogP contribution is 2.28. The molecule has 1 rings (SSSR count). The molecule has 6 nitrogen and oxygen atoms in total. The number of esters is 1. The van der Waals surface area contributed by atoms with E-state index in [4.69, 9.17) is 4.74 Å². The highest BCUT2D eigenvalue weighted by atomic mass is 16.5. The van der Waals surface area contributed by atoms with Gasteiger partial charge >= 0.3 is 12.0 Å². The van der Waals surface area contributed by atoms with E-state index in [1.54, 1.807) is 6.92 Å². The van der Waals surface area contributed by atoms with Crippen LogP contribution in [0.4, 0.5) is 4.79 Å². The molecule has 0 radical (unpaired) electrons. The lowest BCUT2D eigenvalue weighted by Crippen LogP contribution is -2.62. The second kappa shape index (κ2) is 7.51. The van der Waals surface area contributed by atoms with Gasteiger partial charge in [-0.05, 0) is 54.4 Å². The zero-order valence-corrected chi connectivity index (χ0v) is 15.6. The summed E-state index contributed by atoms with van der Waals surface area (Å²) in [5.41, 5.74) is -0.0396. The Morgan fingerprint density at radius 1 is 1.13 bits per heavy atom. The van der Waals surface area contributed by atoms with Crippen LogP contribution in [0.1, 0.15) is 61.3 Å². The average Bonchev–Trinajstić information content (AvgIpc) is 2.30. The van der Waals surface area contributed by atoms with Gasteiger partial charge in [0.15, 0.2) is 0 Å². The van der Waals surface area contributed by atoms with E-state index in [9.17, 15) is 9.59 Å². The SMILES string of the molecule is CC(C)OC(=O)[C@H](C)CNC(=O)NC1CC(C)(C)NC(C)(C)C1. The molecule has 1 fully saturated rings. The van der Waals surface area contributed by atoms with Crippen LogP contribution >= 0.6 is 0 Å². The molecule has 0 saturated carbocycles. The minimum atomic E-state index is -0.357. The minimum Gasteiger partial charge on any atom is -0.463 e. The van der Waals surface area contributed by atoms with Crippen molar-refractivity contribution in [3.8, 4) is 0 Å². The van der Waals surface area contributed by atoms with E-state index in [0.29, 0.717) is 0 Å². The van der Waals surface area contributed by atoms with E-state index in [0.717, 1.165) is 12.8 Å². The minimum absolute atomic E-state index is 0.0198. The molecule has 0 aliphatic carbocycles. The highest BCUT2D eigenvalue weighted by Gasteiger charge is 2.38. The van der Waals surface area contributed by atoms with Gasteiger partial charge in [0.05, 0.1) is 12.0 Å². The summed E-state index contributed by atoms with van der Waals surface area (Å²) in [6, 6.07) is -0.119. The van der Waals surface area contributed by atoms with Crippen molar-refractivity contribution in [1.29, 1.82) is 0 Å². The molecule has 0 spiro atoms. The Morgan fingerprint density at radius 3 is 2.13 bits per heavy atom. The lowest BCUT2D eigenvalue weighted by molar-refractivity contribution is -0.151. The Kier molecular flexibility index (Phi) is 6.45. The fourth-order valence-corrected chi connectivity index (χ4v) is 3.34. The molecule has 1 atom stereocenters. The van der Waals surface area contributed by atoms with Crippen LogP contribution in [0.2, 0.25) is 0 Å². The molecule has 0 aromatic carbocycles. The molecule has 6 heteroatoms. The smallest absolute Gasteiger partial charge is 0.315 e. The van der Waals surface area contributed by atoms with Gasteiger partial charge in [-0.1, -0.05) is 6.92 Å². The Morgan fingerprint density at radius 2 is 1.65 bits per heavy atom. The van der Waals surface area contributed by atoms with Crippen LogP contribution in [-0.4, -0.2) is 41.8 Å². The molecule has 0 aromatic rings. The molecule has 23 heavy (non-hydrogen) atoms. The van der Waals surface area contributed by atoms with Crippen LogP contribution in [-0.2, 0) is 9.53 Å². The van der Waals surface area contributed by atoms with Crippen LogP contribution in [0.25, 0.3) is 0 Å². The lowest BCUT2D eigenvalue weighted by atomic mass is 9.80. The first kappa shape index (κ1) is 19.7. The quantitative estimate of drug-likeness (QED) is 0.676. The van der Waals surface area contributed by atoms with Crippen LogP contribution in [0.3, 0.4) is 0 Å². The third kappa shape index (κ3) is 7.20. The summed E-state index contributed by atoms with van der Waals surface area (Å²) in [4.78, 5) is 23.8. The first-order valence-corrected chi connectivity index (χ1v) is 8.44. The molecule has 134 valence electrons. The number of carbonyl (C=O) groups excluding carboxylic acids is 2. The Hall–Kier alpha value is -1.30. The van der Waals surface area contributed by atoms with E-state index in [1.807, 2.05) is 13.8 Å². The van der Waals surface area contributed by atoms with Gasteiger partial charge in [-0.2, -0.15) is 0 Å². The van der Waals surface area contributed by atoms with E-state index in [-0.39, 0.29) is 47.7 Å². The fraction of sp³-hybridized carbons (Fsp3) is 0.882. The zero-order chi connectivity index (χ0) is 17.8. The normalized spacial score (nSPS) is 21.6. The number of amides is 2. The van der Waals surface area contributed by atoms with Gasteiger partial charge < -0.3 is 20.7 Å². The third-order valence-corrected chi connectivity index (χ3v) is 3.85. The van der Waals surface area contributed by atoms with Crippen molar-refractivity contribution < 1.29 is 14.3 Å². The maximum Gasteiger partial charge on any atom is 0.315 e. The van der Waals surface area contributed by atoms with E-state index < -0.39 is 0 Å². The highest BCUT2D eigenvalue weighted by molar-refractivity contribution is 5.76. The van der Waals surface area contributed by atoms with Crippen molar-refractivity contribution in [2.75, 3.05) is 6.54 Å². The molecule has 0 unspecified atom stereocenters. The summed E-state index contributed by atoms with van der Waals surface area (Å²) in [5.74, 6) is -0.645. The van der Waals surface area contributed by atoms with Crippen molar-refractivity contribution in [3.05, 3.63) is 0 Å². The summed E-state index contributed by atoms with van der Waals surface area (Å²) < 4.78 is 5.13. The molecule has 3 N–H and O–H groups in total. The van der Waals surface area contributed by atoms with Gasteiger partial charge in [0.1, 0.15) is 0 Å². The molecular formula is C17H33N3O3. The predicted octanol–water partition coefficient (Wildman–Crippen LogP) is 2.18. The maximum atomic E-state index is 12.1. The summed E-state index contributed by atoms with van der Waals surface area (Å²) >= 11 is 0. The number of urea groups is 1. The Labute approximate surface area is 140 Å². The van der Waals surface area contributed by atoms with Gasteiger partial charge in [-0.25, -0.2) is 4.79 Å². The molecule has 1 aliphatic heterocycles. The summed E-state index contributed by atoms with van der Waals surface area (Å²) in [6.45, 7) is 14.2. The predicted molar refractivity (Wildman–Crippen MR) is 91.2 cm³/mol. The zero-order valence-electron chi connectivity index (χ0n) is 15.6. The molecule has 1 aliphatic rings. The van der Waals surface area contributed by atoms with Gasteiger partial charge in [-0.3, -0.25) is 4.79 Å². The number of hydrogen-bond acceptors (Lipinski definition) is 4. The fourth-order valence-electron chi connectivity index (χ4n) is 3.34. The Bertz CT molecular complexity index is 417. The van der Waals surface area contributed by atoms with E-state index in [2.05, 4.69) is 43.6 Å². The van der Waals surface area contributed by atoms with Gasteiger partial charge in [0.2, 0.25) is 0 Å². The largest absolute Gasteiger partial charge is 0.463 e. The maximum absolute atomic E-state index is 12.1. The van der Waals surface area contributed by atoms with Gasteiger partial charge in [-0.15, -0.1) is 0 Å². The molecule has 0 aromatic heterocycles. The van der Waals surface area contributed by atoms with E-state index in [1.165, 1.54) is 0 Å². The topological polar surface area (TPSA) is 79.5 Å². The summed E-state index contributed by atoms with van der Waals surface area (Å²) in [6.07, 6.45) is 1.60. The van der Waals surface area contributed by atoms with Crippen molar-refractivity contribution >= 4 is 12.0 Å². The molecule has 1 heterocycles. The first-order chi connectivity index (χ1) is 10.4. The molecule has 2 amide bonds. The first-order valence-electron chi connectivity index (χ1n) is 8.44. The summed E-state index contributed by atoms with van der Waals surface area (Å²) in [7, 11) is 0. The second-order valence-electron chi connectivity index (χ2n) is 8.24. The van der Waals surface area contributed by atoms with Crippen LogP contribution in [0, 0.1) is 5.92 Å². The van der Waals surface area contributed by atoms with Crippen molar-refractivity contribution in [2.45, 2.75) is 84.5 Å². The number of carbonyl (C=O) groups is 2. The van der Waals surface area contributed by atoms with Crippen LogP contribution in [0.5, 0.6) is 0 Å². The monoisotopic (exact) mass is 327 g/mol.